The predicted molar refractivity (Wildman–Crippen MR) is 95.5 cm³/mol. The van der Waals surface area contributed by atoms with Crippen molar-refractivity contribution >= 4 is 23.4 Å². The van der Waals surface area contributed by atoms with Gasteiger partial charge in [-0.15, -0.1) is 0 Å². The maximum Gasteiger partial charge on any atom is 0.240 e. The van der Waals surface area contributed by atoms with Crippen molar-refractivity contribution in [2.24, 2.45) is 0 Å². The number of hydrogen-bond acceptors (Lipinski definition) is 2. The highest BCUT2D eigenvalue weighted by atomic mass is 35.5. The van der Waals surface area contributed by atoms with Crippen molar-refractivity contribution in [2.45, 2.75) is 26.4 Å². The van der Waals surface area contributed by atoms with Crippen LogP contribution in [0.15, 0.2) is 54.6 Å². The summed E-state index contributed by atoms with van der Waals surface area (Å²) < 4.78 is 0. The fourth-order valence-electron chi connectivity index (χ4n) is 2.40. The highest BCUT2D eigenvalue weighted by Gasteiger charge is 2.17. The fourth-order valence-corrected chi connectivity index (χ4v) is 2.59. The van der Waals surface area contributed by atoms with Crippen molar-refractivity contribution in [3.8, 4) is 0 Å². The number of nitrogens with one attached hydrogen (secondary N) is 1. The van der Waals surface area contributed by atoms with Crippen LogP contribution in [0.3, 0.4) is 0 Å². The number of hydrogen-bond donors (Lipinski definition) is 1. The third-order valence-corrected chi connectivity index (χ3v) is 4.14. The Morgan fingerprint density at radius 1 is 1.08 bits per heavy atom. The van der Waals surface area contributed by atoms with E-state index < -0.39 is 0 Å². The number of benzene rings is 2. The lowest BCUT2D eigenvalue weighted by molar-refractivity contribution is -0.135. The quantitative estimate of drug-likeness (QED) is 0.871. The van der Waals surface area contributed by atoms with E-state index in [2.05, 4.69) is 5.32 Å². The van der Waals surface area contributed by atoms with Gasteiger partial charge in [0.2, 0.25) is 11.8 Å². The van der Waals surface area contributed by atoms with Crippen LogP contribution in [0, 0.1) is 0 Å². The summed E-state index contributed by atoms with van der Waals surface area (Å²) in [6.07, 6.45) is 0. The van der Waals surface area contributed by atoms with E-state index in [1.807, 2.05) is 55.5 Å². The number of rotatable bonds is 6. The van der Waals surface area contributed by atoms with Gasteiger partial charge < -0.3 is 10.2 Å². The standard InChI is InChI=1S/C19H21ClN2O2/c1-14(16-8-4-3-5-9-16)21-19(24)13-22(15(2)23)12-17-10-6-7-11-18(17)20/h3-11,14H,12-13H2,1-2H3,(H,21,24). The van der Waals surface area contributed by atoms with E-state index in [4.69, 9.17) is 11.6 Å². The molecule has 4 nitrogen and oxygen atoms in total. The summed E-state index contributed by atoms with van der Waals surface area (Å²) >= 11 is 6.14. The third kappa shape index (κ3) is 5.10. The average Bonchev–Trinajstić information content (AvgIpc) is 2.56. The van der Waals surface area contributed by atoms with Crippen LogP contribution in [0.25, 0.3) is 0 Å². The zero-order valence-electron chi connectivity index (χ0n) is 13.8. The van der Waals surface area contributed by atoms with E-state index in [0.29, 0.717) is 11.6 Å². The first-order chi connectivity index (χ1) is 11.5. The van der Waals surface area contributed by atoms with Crippen molar-refractivity contribution in [1.82, 2.24) is 10.2 Å². The summed E-state index contributed by atoms with van der Waals surface area (Å²) in [7, 11) is 0. The Morgan fingerprint density at radius 3 is 2.33 bits per heavy atom. The fraction of sp³-hybridized carbons (Fsp3) is 0.263. The summed E-state index contributed by atoms with van der Waals surface area (Å²) in [6.45, 7) is 3.67. The van der Waals surface area contributed by atoms with Crippen LogP contribution >= 0.6 is 11.6 Å². The van der Waals surface area contributed by atoms with E-state index in [1.165, 1.54) is 11.8 Å². The van der Waals surface area contributed by atoms with Crippen LogP contribution in [-0.2, 0) is 16.1 Å². The van der Waals surface area contributed by atoms with Gasteiger partial charge >= 0.3 is 0 Å². The molecule has 0 saturated heterocycles. The van der Waals surface area contributed by atoms with Crippen LogP contribution in [-0.4, -0.2) is 23.3 Å². The first-order valence-corrected chi connectivity index (χ1v) is 8.18. The van der Waals surface area contributed by atoms with Crippen LogP contribution < -0.4 is 5.32 Å². The van der Waals surface area contributed by atoms with Crippen molar-refractivity contribution < 1.29 is 9.59 Å². The number of amides is 2. The van der Waals surface area contributed by atoms with Crippen LogP contribution in [0.2, 0.25) is 5.02 Å². The Morgan fingerprint density at radius 2 is 1.71 bits per heavy atom. The molecule has 126 valence electrons. The molecule has 0 saturated carbocycles. The van der Waals surface area contributed by atoms with E-state index in [0.717, 1.165) is 11.1 Å². The topological polar surface area (TPSA) is 49.4 Å². The molecule has 1 N–H and O–H groups in total. The highest BCUT2D eigenvalue weighted by molar-refractivity contribution is 6.31. The second-order valence-corrected chi connectivity index (χ2v) is 6.07. The Balaban J connectivity index is 1.99. The lowest BCUT2D eigenvalue weighted by Gasteiger charge is -2.22. The highest BCUT2D eigenvalue weighted by Crippen LogP contribution is 2.17. The summed E-state index contributed by atoms with van der Waals surface area (Å²) in [5.41, 5.74) is 1.84. The molecule has 0 fully saturated rings. The molecule has 0 heterocycles. The van der Waals surface area contributed by atoms with Gasteiger partial charge in [0.1, 0.15) is 0 Å². The van der Waals surface area contributed by atoms with Gasteiger partial charge in [0.25, 0.3) is 0 Å². The molecule has 1 unspecified atom stereocenters. The molecular formula is C19H21ClN2O2. The van der Waals surface area contributed by atoms with Gasteiger partial charge in [0.05, 0.1) is 12.6 Å². The summed E-state index contributed by atoms with van der Waals surface area (Å²) in [6, 6.07) is 16.9. The first kappa shape index (κ1) is 18.0. The second-order valence-electron chi connectivity index (χ2n) is 5.67. The Labute approximate surface area is 147 Å². The van der Waals surface area contributed by atoms with Crippen LogP contribution in [0.4, 0.5) is 0 Å². The summed E-state index contributed by atoms with van der Waals surface area (Å²) in [5, 5.41) is 3.50. The summed E-state index contributed by atoms with van der Waals surface area (Å²) in [4.78, 5) is 25.6. The van der Waals surface area contributed by atoms with E-state index >= 15 is 0 Å². The number of carbonyl (C=O) groups excluding carboxylic acids is 2. The van der Waals surface area contributed by atoms with Crippen LogP contribution in [0.5, 0.6) is 0 Å². The van der Waals surface area contributed by atoms with Gasteiger partial charge in [-0.1, -0.05) is 60.1 Å². The lowest BCUT2D eigenvalue weighted by atomic mass is 10.1. The van der Waals surface area contributed by atoms with E-state index in [-0.39, 0.29) is 24.4 Å². The minimum Gasteiger partial charge on any atom is -0.348 e. The first-order valence-electron chi connectivity index (χ1n) is 7.80. The molecule has 24 heavy (non-hydrogen) atoms. The zero-order valence-corrected chi connectivity index (χ0v) is 14.6. The van der Waals surface area contributed by atoms with Gasteiger partial charge in [-0.25, -0.2) is 0 Å². The molecule has 0 aliphatic rings. The van der Waals surface area contributed by atoms with Gasteiger partial charge in [0, 0.05) is 18.5 Å². The number of halogens is 1. The second kappa shape index (κ2) is 8.50. The maximum absolute atomic E-state index is 12.3. The van der Waals surface area contributed by atoms with Crippen LogP contribution in [0.1, 0.15) is 31.0 Å². The minimum atomic E-state index is -0.200. The van der Waals surface area contributed by atoms with Crippen molar-refractivity contribution in [3.63, 3.8) is 0 Å². The Hall–Kier alpha value is -2.33. The predicted octanol–water partition coefficient (Wildman–Crippen LogP) is 3.57. The number of nitrogens with zero attached hydrogens (tertiary/aromatic N) is 1. The molecule has 0 radical (unpaired) electrons. The monoisotopic (exact) mass is 344 g/mol. The minimum absolute atomic E-state index is 0.00225. The number of carbonyl (C=O) groups is 2. The Bertz CT molecular complexity index is 704. The SMILES string of the molecule is CC(=O)N(CC(=O)NC(C)c1ccccc1)Cc1ccccc1Cl. The molecule has 0 aliphatic heterocycles. The molecule has 2 aromatic rings. The molecule has 2 aromatic carbocycles. The van der Waals surface area contributed by atoms with Crippen molar-refractivity contribution in [3.05, 3.63) is 70.7 Å². The maximum atomic E-state index is 12.3. The Kier molecular flexibility index (Phi) is 6.38. The van der Waals surface area contributed by atoms with Gasteiger partial charge in [0.15, 0.2) is 0 Å². The average molecular weight is 345 g/mol. The molecule has 0 bridgehead atoms. The lowest BCUT2D eigenvalue weighted by Crippen LogP contribution is -2.40. The third-order valence-electron chi connectivity index (χ3n) is 3.78. The molecule has 2 rings (SSSR count). The molecule has 0 spiro atoms. The van der Waals surface area contributed by atoms with Gasteiger partial charge in [-0.3, -0.25) is 9.59 Å². The molecule has 0 aromatic heterocycles. The van der Waals surface area contributed by atoms with Gasteiger partial charge in [-0.2, -0.15) is 0 Å². The smallest absolute Gasteiger partial charge is 0.240 e. The molecule has 1 atom stereocenters. The molecule has 2 amide bonds. The van der Waals surface area contributed by atoms with E-state index in [1.54, 1.807) is 6.07 Å². The van der Waals surface area contributed by atoms with Crippen molar-refractivity contribution in [1.29, 1.82) is 0 Å². The largest absolute Gasteiger partial charge is 0.348 e. The molecular weight excluding hydrogens is 324 g/mol. The van der Waals surface area contributed by atoms with Crippen molar-refractivity contribution in [2.75, 3.05) is 6.54 Å². The van der Waals surface area contributed by atoms with Gasteiger partial charge in [-0.05, 0) is 24.1 Å². The zero-order chi connectivity index (χ0) is 17.5. The molecule has 0 aliphatic carbocycles. The molecule has 5 heteroatoms. The summed E-state index contributed by atoms with van der Waals surface area (Å²) in [5.74, 6) is -0.369. The normalized spacial score (nSPS) is 11.6. The van der Waals surface area contributed by atoms with E-state index in [9.17, 15) is 9.59 Å².